The maximum absolute atomic E-state index is 12.5. The van der Waals surface area contributed by atoms with E-state index in [1.54, 1.807) is 13.8 Å². The number of aromatic nitrogens is 1. The van der Waals surface area contributed by atoms with E-state index in [4.69, 9.17) is 9.84 Å². The largest absolute Gasteiger partial charge is 0.477 e. The minimum atomic E-state index is -3.84. The van der Waals surface area contributed by atoms with Crippen molar-refractivity contribution in [1.82, 2.24) is 9.29 Å². The summed E-state index contributed by atoms with van der Waals surface area (Å²) in [6, 6.07) is 1.08. The van der Waals surface area contributed by atoms with Gasteiger partial charge in [0.2, 0.25) is 10.0 Å². The van der Waals surface area contributed by atoms with Gasteiger partial charge in [-0.05, 0) is 19.9 Å². The van der Waals surface area contributed by atoms with E-state index < -0.39 is 27.7 Å². The average molecular weight is 318 g/mol. The van der Waals surface area contributed by atoms with Crippen molar-refractivity contribution in [2.45, 2.75) is 30.4 Å². The molecule has 0 radical (unpaired) electrons. The van der Waals surface area contributed by atoms with Gasteiger partial charge in [-0.25, -0.2) is 13.2 Å². The smallest absolute Gasteiger partial charge is 0.352 e. The van der Waals surface area contributed by atoms with E-state index in [0.29, 0.717) is 0 Å². The van der Waals surface area contributed by atoms with Gasteiger partial charge >= 0.3 is 5.97 Å². The average Bonchev–Trinajstić information content (AvgIpc) is 2.87. The van der Waals surface area contributed by atoms with Gasteiger partial charge in [-0.1, -0.05) is 0 Å². The number of carboxylic acids is 1. The molecule has 0 aliphatic carbocycles. The Morgan fingerprint density at radius 2 is 2.24 bits per heavy atom. The Kier molecular flexibility index (Phi) is 4.11. The first-order chi connectivity index (χ1) is 9.65. The third-order valence-corrected chi connectivity index (χ3v) is 4.97. The lowest BCUT2D eigenvalue weighted by atomic mass is 10.1. The van der Waals surface area contributed by atoms with E-state index in [0.717, 1.165) is 12.3 Å². The number of rotatable bonds is 4. The molecule has 0 amide bonds. The lowest BCUT2D eigenvalue weighted by Crippen LogP contribution is -2.55. The molecule has 1 atom stereocenters. The van der Waals surface area contributed by atoms with Crippen molar-refractivity contribution in [3.05, 3.63) is 18.0 Å². The zero-order valence-corrected chi connectivity index (χ0v) is 12.6. The minimum Gasteiger partial charge on any atom is -0.477 e. The van der Waals surface area contributed by atoms with Gasteiger partial charge in [-0.2, -0.15) is 4.31 Å². The molecule has 0 saturated carbocycles. The van der Waals surface area contributed by atoms with Gasteiger partial charge in [0.1, 0.15) is 10.6 Å². The molecule has 0 spiro atoms. The molecule has 0 bridgehead atoms. The van der Waals surface area contributed by atoms with Crippen molar-refractivity contribution in [3.63, 3.8) is 0 Å². The van der Waals surface area contributed by atoms with Crippen LogP contribution in [0.5, 0.6) is 0 Å². The number of morpholine rings is 1. The van der Waals surface area contributed by atoms with Crippen molar-refractivity contribution in [2.24, 2.45) is 0 Å². The number of nitrogens with zero attached hydrogens (tertiary/aromatic N) is 1. The Bertz CT molecular complexity index is 636. The molecule has 1 saturated heterocycles. The maximum Gasteiger partial charge on any atom is 0.352 e. The van der Waals surface area contributed by atoms with E-state index in [1.165, 1.54) is 4.31 Å². The van der Waals surface area contributed by atoms with E-state index in [2.05, 4.69) is 4.98 Å². The molecule has 8 nitrogen and oxygen atoms in total. The molecule has 1 unspecified atom stereocenters. The predicted octanol–water partition coefficient (Wildman–Crippen LogP) is -0.127. The van der Waals surface area contributed by atoms with Gasteiger partial charge in [0.15, 0.2) is 0 Å². The van der Waals surface area contributed by atoms with Gasteiger partial charge in [-0.3, -0.25) is 0 Å². The van der Waals surface area contributed by atoms with Gasteiger partial charge in [-0.15, -0.1) is 0 Å². The van der Waals surface area contributed by atoms with Gasteiger partial charge in [0.25, 0.3) is 0 Å². The maximum atomic E-state index is 12.5. The molecule has 1 aliphatic rings. The van der Waals surface area contributed by atoms with E-state index >= 15 is 0 Å². The van der Waals surface area contributed by atoms with Crippen molar-refractivity contribution in [2.75, 3.05) is 19.7 Å². The summed E-state index contributed by atoms with van der Waals surface area (Å²) in [6.07, 6.45) is 0.538. The van der Waals surface area contributed by atoms with Crippen molar-refractivity contribution in [3.8, 4) is 0 Å². The number of aliphatic hydroxyl groups is 1. The summed E-state index contributed by atoms with van der Waals surface area (Å²) in [5.41, 5.74) is -0.926. The highest BCUT2D eigenvalue weighted by Crippen LogP contribution is 2.26. The highest BCUT2D eigenvalue weighted by molar-refractivity contribution is 7.89. The van der Waals surface area contributed by atoms with Crippen LogP contribution in [0.15, 0.2) is 17.2 Å². The number of sulfonamides is 1. The number of hydrogen-bond donors (Lipinski definition) is 3. The number of hydrogen-bond acceptors (Lipinski definition) is 5. The Hall–Kier alpha value is -1.42. The van der Waals surface area contributed by atoms with Crippen LogP contribution in [-0.4, -0.2) is 65.3 Å². The second-order valence-corrected chi connectivity index (χ2v) is 7.47. The third kappa shape index (κ3) is 3.26. The summed E-state index contributed by atoms with van der Waals surface area (Å²) < 4.78 is 31.9. The number of aromatic amines is 1. The second kappa shape index (κ2) is 5.41. The topological polar surface area (TPSA) is 120 Å². The summed E-state index contributed by atoms with van der Waals surface area (Å²) in [7, 11) is -3.84. The van der Waals surface area contributed by atoms with Crippen LogP contribution in [0.1, 0.15) is 24.3 Å². The molecule has 1 aromatic heterocycles. The van der Waals surface area contributed by atoms with Crippen LogP contribution < -0.4 is 0 Å². The van der Waals surface area contributed by atoms with Crippen molar-refractivity contribution in [1.29, 1.82) is 0 Å². The number of aliphatic hydroxyl groups excluding tert-OH is 1. The van der Waals surface area contributed by atoms with Crippen LogP contribution in [0, 0.1) is 0 Å². The Morgan fingerprint density at radius 1 is 1.57 bits per heavy atom. The lowest BCUT2D eigenvalue weighted by Gasteiger charge is -2.41. The zero-order chi connectivity index (χ0) is 15.8. The number of carboxylic acid groups (broad SMARTS) is 1. The normalized spacial score (nSPS) is 23.1. The molecule has 21 heavy (non-hydrogen) atoms. The van der Waals surface area contributed by atoms with Gasteiger partial charge < -0.3 is 19.9 Å². The molecule has 1 aromatic rings. The molecule has 0 aromatic carbocycles. The Labute approximate surface area is 122 Å². The molecular weight excluding hydrogens is 300 g/mol. The van der Waals surface area contributed by atoms with Crippen molar-refractivity contribution >= 4 is 16.0 Å². The Morgan fingerprint density at radius 3 is 2.76 bits per heavy atom. The SMILES string of the molecule is CC1(C)CN(S(=O)(=O)c2c[nH]c(C(=O)O)c2)CC(CO)O1. The minimum absolute atomic E-state index is 0.0237. The van der Waals surface area contributed by atoms with Gasteiger partial charge in [0, 0.05) is 19.3 Å². The molecule has 1 fully saturated rings. The van der Waals surface area contributed by atoms with E-state index in [1.807, 2.05) is 0 Å². The first-order valence-electron chi connectivity index (χ1n) is 6.36. The van der Waals surface area contributed by atoms with Gasteiger partial charge in [0.05, 0.1) is 18.3 Å². The fraction of sp³-hybridized carbons (Fsp3) is 0.583. The molecule has 2 rings (SSSR count). The summed E-state index contributed by atoms with van der Waals surface area (Å²) in [4.78, 5) is 13.1. The van der Waals surface area contributed by atoms with Crippen LogP contribution in [0.4, 0.5) is 0 Å². The number of nitrogens with one attached hydrogen (secondary N) is 1. The molecule has 3 N–H and O–H groups in total. The molecule has 1 aliphatic heterocycles. The zero-order valence-electron chi connectivity index (χ0n) is 11.7. The number of aromatic carboxylic acids is 1. The number of carbonyl (C=O) groups is 1. The van der Waals surface area contributed by atoms with Crippen LogP contribution in [0.2, 0.25) is 0 Å². The summed E-state index contributed by atoms with van der Waals surface area (Å²) in [5.74, 6) is -1.23. The number of ether oxygens (including phenoxy) is 1. The van der Waals surface area contributed by atoms with E-state index in [-0.39, 0.29) is 30.3 Å². The van der Waals surface area contributed by atoms with Crippen LogP contribution >= 0.6 is 0 Å². The third-order valence-electron chi connectivity index (χ3n) is 3.18. The molecule has 9 heteroatoms. The second-order valence-electron chi connectivity index (χ2n) is 5.53. The van der Waals surface area contributed by atoms with Crippen molar-refractivity contribution < 1.29 is 28.2 Å². The Balaban J connectivity index is 2.31. The summed E-state index contributed by atoms with van der Waals surface area (Å²) in [5, 5.41) is 18.1. The highest BCUT2D eigenvalue weighted by Gasteiger charge is 2.39. The number of H-pyrrole nitrogens is 1. The fourth-order valence-electron chi connectivity index (χ4n) is 2.32. The fourth-order valence-corrected chi connectivity index (χ4v) is 3.93. The van der Waals surface area contributed by atoms with Crippen LogP contribution in [0.3, 0.4) is 0 Å². The standard InChI is InChI=1S/C12H18N2O6S/c1-12(2)7-14(5-8(6-15)20-12)21(18,19)9-3-10(11(16)17)13-4-9/h3-4,8,13,15H,5-7H2,1-2H3,(H,16,17). The first kappa shape index (κ1) is 16.0. The van der Waals surface area contributed by atoms with E-state index in [9.17, 15) is 18.3 Å². The monoisotopic (exact) mass is 318 g/mol. The highest BCUT2D eigenvalue weighted by atomic mass is 32.2. The first-order valence-corrected chi connectivity index (χ1v) is 7.80. The molecule has 2 heterocycles. The molecule has 118 valence electrons. The summed E-state index contributed by atoms with van der Waals surface area (Å²) in [6.45, 7) is 3.33. The quantitative estimate of drug-likeness (QED) is 0.711. The summed E-state index contributed by atoms with van der Waals surface area (Å²) >= 11 is 0. The van der Waals surface area contributed by atoms with Crippen LogP contribution in [-0.2, 0) is 14.8 Å². The lowest BCUT2D eigenvalue weighted by molar-refractivity contribution is -0.131. The van der Waals surface area contributed by atoms with Crippen LogP contribution in [0.25, 0.3) is 0 Å². The molecular formula is C12H18N2O6S. The predicted molar refractivity (Wildman–Crippen MR) is 72.5 cm³/mol.